The maximum atomic E-state index is 13.3. The van der Waals surface area contributed by atoms with Crippen molar-refractivity contribution in [1.29, 1.82) is 0 Å². The van der Waals surface area contributed by atoms with Gasteiger partial charge in [-0.2, -0.15) is 0 Å². The SMILES string of the molecule is COc1ccc(Cc2cn(Cc3nc4c(C)c(Cl)ccc4[nH]3)c(=O)n2CC(C)(C)O)c(Cl)c1. The van der Waals surface area contributed by atoms with Crippen LogP contribution in [0.2, 0.25) is 10.0 Å². The largest absolute Gasteiger partial charge is 0.497 e. The molecule has 0 saturated carbocycles. The minimum atomic E-state index is -1.07. The van der Waals surface area contributed by atoms with Crippen molar-refractivity contribution >= 4 is 34.2 Å². The second kappa shape index (κ2) is 8.89. The fourth-order valence-corrected chi connectivity index (χ4v) is 4.25. The fourth-order valence-electron chi connectivity index (χ4n) is 3.86. The standard InChI is InChI=1S/C24H26Cl2N4O3/c1-14-18(25)7-8-20-22(14)28-21(27-20)12-29-11-16(30(23(29)31)13-24(2,3)32)9-15-5-6-17(33-4)10-19(15)26/h5-8,10-11,32H,9,12-13H2,1-4H3,(H,27,28). The minimum absolute atomic E-state index is 0.150. The topological polar surface area (TPSA) is 85.1 Å². The molecule has 0 atom stereocenters. The van der Waals surface area contributed by atoms with Gasteiger partial charge < -0.3 is 14.8 Å². The number of hydrogen-bond donors (Lipinski definition) is 2. The summed E-state index contributed by atoms with van der Waals surface area (Å²) >= 11 is 12.7. The van der Waals surface area contributed by atoms with Crippen LogP contribution in [0.1, 0.15) is 36.5 Å². The highest BCUT2D eigenvalue weighted by Crippen LogP contribution is 2.26. The number of ether oxygens (including phenoxy) is 1. The lowest BCUT2D eigenvalue weighted by molar-refractivity contribution is 0.0596. The molecule has 0 saturated heterocycles. The lowest BCUT2D eigenvalue weighted by atomic mass is 10.1. The van der Waals surface area contributed by atoms with Crippen molar-refractivity contribution in [2.75, 3.05) is 7.11 Å². The number of aliphatic hydroxyl groups is 1. The van der Waals surface area contributed by atoms with E-state index in [4.69, 9.17) is 27.9 Å². The Morgan fingerprint density at radius 1 is 1.18 bits per heavy atom. The van der Waals surface area contributed by atoms with Gasteiger partial charge in [0.15, 0.2) is 0 Å². The van der Waals surface area contributed by atoms with E-state index >= 15 is 0 Å². The number of rotatable bonds is 7. The van der Waals surface area contributed by atoms with Gasteiger partial charge in [-0.15, -0.1) is 0 Å². The maximum absolute atomic E-state index is 13.3. The van der Waals surface area contributed by atoms with Crippen molar-refractivity contribution in [2.24, 2.45) is 0 Å². The molecule has 0 unspecified atom stereocenters. The Morgan fingerprint density at radius 3 is 2.61 bits per heavy atom. The van der Waals surface area contributed by atoms with Crippen LogP contribution in [0, 0.1) is 6.92 Å². The Hall–Kier alpha value is -2.74. The third-order valence-electron chi connectivity index (χ3n) is 5.52. The number of H-pyrrole nitrogens is 1. The fraction of sp³-hybridized carbons (Fsp3) is 0.333. The van der Waals surface area contributed by atoms with Crippen LogP contribution in [0.4, 0.5) is 0 Å². The molecule has 0 spiro atoms. The zero-order valence-corrected chi connectivity index (χ0v) is 20.5. The lowest BCUT2D eigenvalue weighted by Gasteiger charge is -2.19. The van der Waals surface area contributed by atoms with Gasteiger partial charge in [0.2, 0.25) is 0 Å². The van der Waals surface area contributed by atoms with E-state index in [2.05, 4.69) is 9.97 Å². The van der Waals surface area contributed by atoms with E-state index in [0.717, 1.165) is 27.9 Å². The Bertz CT molecular complexity index is 1380. The van der Waals surface area contributed by atoms with E-state index in [1.807, 2.05) is 31.2 Å². The van der Waals surface area contributed by atoms with Gasteiger partial charge in [-0.1, -0.05) is 29.3 Å². The molecule has 33 heavy (non-hydrogen) atoms. The first kappa shape index (κ1) is 23.4. The third-order valence-corrected chi connectivity index (χ3v) is 6.28. The molecular formula is C24H26Cl2N4O3. The van der Waals surface area contributed by atoms with Gasteiger partial charge >= 0.3 is 5.69 Å². The number of aromatic nitrogens is 4. The summed E-state index contributed by atoms with van der Waals surface area (Å²) in [5.74, 6) is 1.31. The quantitative estimate of drug-likeness (QED) is 0.399. The number of aryl methyl sites for hydroxylation is 1. The average molecular weight is 489 g/mol. The first-order valence-electron chi connectivity index (χ1n) is 10.5. The van der Waals surface area contributed by atoms with E-state index < -0.39 is 5.60 Å². The normalized spacial score (nSPS) is 12.0. The summed E-state index contributed by atoms with van der Waals surface area (Å²) in [5.41, 5.74) is 2.83. The van der Waals surface area contributed by atoms with Gasteiger partial charge in [0.1, 0.15) is 11.6 Å². The Labute approximate surface area is 201 Å². The molecule has 0 fully saturated rings. The summed E-state index contributed by atoms with van der Waals surface area (Å²) in [6, 6.07) is 9.15. The molecule has 7 nitrogen and oxygen atoms in total. The summed E-state index contributed by atoms with van der Waals surface area (Å²) in [7, 11) is 1.58. The molecule has 2 aromatic carbocycles. The van der Waals surface area contributed by atoms with Crippen LogP contribution >= 0.6 is 23.2 Å². The summed E-state index contributed by atoms with van der Waals surface area (Å²) in [6.45, 7) is 5.67. The number of halogens is 2. The average Bonchev–Trinajstić information content (AvgIpc) is 3.28. The number of methoxy groups -OCH3 is 1. The predicted molar refractivity (Wildman–Crippen MR) is 131 cm³/mol. The van der Waals surface area contributed by atoms with Crippen molar-refractivity contribution in [3.63, 3.8) is 0 Å². The highest BCUT2D eigenvalue weighted by atomic mass is 35.5. The Kier molecular flexibility index (Phi) is 6.31. The van der Waals surface area contributed by atoms with E-state index in [0.29, 0.717) is 28.0 Å². The number of hydrogen-bond acceptors (Lipinski definition) is 4. The molecule has 0 amide bonds. The molecule has 4 rings (SSSR count). The first-order chi connectivity index (χ1) is 15.6. The van der Waals surface area contributed by atoms with Crippen LogP contribution in [0.25, 0.3) is 11.0 Å². The molecule has 174 valence electrons. The monoisotopic (exact) mass is 488 g/mol. The predicted octanol–water partition coefficient (Wildman–Crippen LogP) is 4.56. The van der Waals surface area contributed by atoms with Gasteiger partial charge in [0, 0.05) is 28.4 Å². The van der Waals surface area contributed by atoms with Crippen LogP contribution < -0.4 is 10.4 Å². The molecule has 9 heteroatoms. The van der Waals surface area contributed by atoms with Crippen LogP contribution in [0.3, 0.4) is 0 Å². The summed E-state index contributed by atoms with van der Waals surface area (Å²) in [5, 5.41) is 11.6. The molecule has 4 aromatic rings. The molecule has 2 heterocycles. The summed E-state index contributed by atoms with van der Waals surface area (Å²) in [4.78, 5) is 21.2. The minimum Gasteiger partial charge on any atom is -0.497 e. The molecule has 0 aliphatic heterocycles. The third kappa shape index (κ3) is 4.95. The number of nitrogens with one attached hydrogen (secondary N) is 1. The van der Waals surface area contributed by atoms with Gasteiger partial charge in [-0.3, -0.25) is 9.13 Å². The highest BCUT2D eigenvalue weighted by Gasteiger charge is 2.21. The molecular weight excluding hydrogens is 463 g/mol. The van der Waals surface area contributed by atoms with Gasteiger partial charge in [-0.05, 0) is 56.2 Å². The summed E-state index contributed by atoms with van der Waals surface area (Å²) in [6.07, 6.45) is 2.22. The second-order valence-corrected chi connectivity index (χ2v) is 9.63. The van der Waals surface area contributed by atoms with Crippen molar-refractivity contribution < 1.29 is 9.84 Å². The van der Waals surface area contributed by atoms with E-state index in [9.17, 15) is 9.90 Å². The zero-order valence-electron chi connectivity index (χ0n) is 18.9. The van der Waals surface area contributed by atoms with Gasteiger partial charge in [0.25, 0.3) is 0 Å². The number of aromatic amines is 1. The van der Waals surface area contributed by atoms with Crippen LogP contribution in [-0.4, -0.2) is 36.9 Å². The lowest BCUT2D eigenvalue weighted by Crippen LogP contribution is -2.34. The maximum Gasteiger partial charge on any atom is 0.328 e. The van der Waals surface area contributed by atoms with E-state index in [-0.39, 0.29) is 18.8 Å². The van der Waals surface area contributed by atoms with Gasteiger partial charge in [0.05, 0.1) is 36.8 Å². The molecule has 0 aliphatic carbocycles. The molecule has 0 radical (unpaired) electrons. The highest BCUT2D eigenvalue weighted by molar-refractivity contribution is 6.32. The molecule has 0 aliphatic rings. The van der Waals surface area contributed by atoms with Crippen molar-refractivity contribution in [3.8, 4) is 5.75 Å². The zero-order chi connectivity index (χ0) is 23.9. The van der Waals surface area contributed by atoms with Crippen LogP contribution in [0.5, 0.6) is 5.75 Å². The number of nitrogens with zero attached hydrogens (tertiary/aromatic N) is 3. The van der Waals surface area contributed by atoms with Crippen molar-refractivity contribution in [3.05, 3.63) is 79.7 Å². The van der Waals surface area contributed by atoms with Crippen LogP contribution in [0.15, 0.2) is 41.3 Å². The Balaban J connectivity index is 1.72. The van der Waals surface area contributed by atoms with Crippen molar-refractivity contribution in [1.82, 2.24) is 19.1 Å². The molecule has 2 N–H and O–H groups in total. The number of imidazole rings is 2. The summed E-state index contributed by atoms with van der Waals surface area (Å²) < 4.78 is 8.40. The van der Waals surface area contributed by atoms with E-state index in [1.54, 1.807) is 42.4 Å². The molecule has 2 aromatic heterocycles. The van der Waals surface area contributed by atoms with E-state index in [1.165, 1.54) is 0 Å². The van der Waals surface area contributed by atoms with Crippen molar-refractivity contribution in [2.45, 2.75) is 45.9 Å². The first-order valence-corrected chi connectivity index (χ1v) is 11.3. The number of fused-ring (bicyclic) bond motifs is 1. The Morgan fingerprint density at radius 2 is 1.94 bits per heavy atom. The van der Waals surface area contributed by atoms with Gasteiger partial charge in [-0.25, -0.2) is 9.78 Å². The second-order valence-electron chi connectivity index (χ2n) is 8.82. The smallest absolute Gasteiger partial charge is 0.328 e. The molecule has 0 bridgehead atoms. The van der Waals surface area contributed by atoms with Crippen LogP contribution in [-0.2, 0) is 19.5 Å². The number of benzene rings is 2.